The van der Waals surface area contributed by atoms with Gasteiger partial charge < -0.3 is 10.0 Å². The number of likely N-dealkylation sites (tertiary alicyclic amines) is 1. The molecule has 0 radical (unpaired) electrons. The Morgan fingerprint density at radius 1 is 1.35 bits per heavy atom. The monoisotopic (exact) mass is 274 g/mol. The van der Waals surface area contributed by atoms with E-state index in [1.165, 1.54) is 0 Å². The minimum atomic E-state index is -0.687. The fourth-order valence-corrected chi connectivity index (χ4v) is 3.18. The molecule has 1 amide bonds. The van der Waals surface area contributed by atoms with Crippen LogP contribution in [-0.4, -0.2) is 40.0 Å². The third-order valence-electron chi connectivity index (χ3n) is 4.69. The van der Waals surface area contributed by atoms with Crippen molar-refractivity contribution in [2.75, 3.05) is 13.1 Å². The fraction of sp³-hybridized carbons (Fsp3) is 0.533. The van der Waals surface area contributed by atoms with Crippen molar-refractivity contribution in [3.63, 3.8) is 0 Å². The maximum Gasteiger partial charge on any atom is 0.307 e. The number of hydrogen-bond donors (Lipinski definition) is 1. The maximum absolute atomic E-state index is 12.3. The van der Waals surface area contributed by atoms with Crippen molar-refractivity contribution in [2.24, 2.45) is 11.3 Å². The number of rotatable bonds is 2. The Hall–Kier alpha value is -1.91. The third kappa shape index (κ3) is 2.17. The molecule has 1 saturated carbocycles. The molecule has 2 fully saturated rings. The second kappa shape index (κ2) is 4.58. The Bertz CT molecular complexity index is 545. The maximum atomic E-state index is 12.3. The standard InChI is InChI=1S/C15H18N2O3/c1-10-2-3-11(9-16-10)13(18)17-6-4-15(5-7-17)8-12(15)14(19)20/h2-3,9,12H,4-8H2,1H3,(H,19,20). The molecule has 3 rings (SSSR count). The van der Waals surface area contributed by atoms with Crippen molar-refractivity contribution < 1.29 is 14.7 Å². The van der Waals surface area contributed by atoms with E-state index < -0.39 is 5.97 Å². The smallest absolute Gasteiger partial charge is 0.307 e. The van der Waals surface area contributed by atoms with Crippen molar-refractivity contribution in [2.45, 2.75) is 26.2 Å². The summed E-state index contributed by atoms with van der Waals surface area (Å²) in [6, 6.07) is 3.63. The average molecular weight is 274 g/mol. The zero-order valence-corrected chi connectivity index (χ0v) is 11.5. The first-order chi connectivity index (χ1) is 9.52. The molecule has 1 aromatic heterocycles. The topological polar surface area (TPSA) is 70.5 Å². The predicted molar refractivity (Wildman–Crippen MR) is 72.3 cm³/mol. The van der Waals surface area contributed by atoms with Gasteiger partial charge >= 0.3 is 5.97 Å². The lowest BCUT2D eigenvalue weighted by Crippen LogP contribution is -2.40. The van der Waals surface area contributed by atoms with E-state index >= 15 is 0 Å². The number of aromatic nitrogens is 1. The van der Waals surface area contributed by atoms with E-state index in [2.05, 4.69) is 4.98 Å². The molecule has 2 aliphatic rings. The van der Waals surface area contributed by atoms with Crippen molar-refractivity contribution in [3.05, 3.63) is 29.6 Å². The highest BCUT2D eigenvalue weighted by molar-refractivity contribution is 5.94. The van der Waals surface area contributed by atoms with Gasteiger partial charge in [-0.3, -0.25) is 14.6 Å². The molecule has 1 aromatic rings. The highest BCUT2D eigenvalue weighted by Gasteiger charge is 2.59. The Balaban J connectivity index is 1.63. The first-order valence-electron chi connectivity index (χ1n) is 6.97. The van der Waals surface area contributed by atoms with E-state index in [0.29, 0.717) is 18.7 Å². The molecule has 1 N–H and O–H groups in total. The van der Waals surface area contributed by atoms with Gasteiger partial charge in [0, 0.05) is 25.0 Å². The summed E-state index contributed by atoms with van der Waals surface area (Å²) in [6.07, 6.45) is 3.99. The lowest BCUT2D eigenvalue weighted by Gasteiger charge is -2.32. The zero-order chi connectivity index (χ0) is 14.3. The molecule has 1 spiro atoms. The van der Waals surface area contributed by atoms with E-state index in [-0.39, 0.29) is 17.2 Å². The van der Waals surface area contributed by atoms with E-state index in [1.807, 2.05) is 17.9 Å². The summed E-state index contributed by atoms with van der Waals surface area (Å²) in [4.78, 5) is 29.3. The fourth-order valence-electron chi connectivity index (χ4n) is 3.18. The van der Waals surface area contributed by atoms with Crippen LogP contribution in [0.15, 0.2) is 18.3 Å². The molecule has 5 heteroatoms. The summed E-state index contributed by atoms with van der Waals surface area (Å²) in [7, 11) is 0. The molecule has 1 aliphatic heterocycles. The van der Waals surface area contributed by atoms with Crippen LogP contribution in [0.25, 0.3) is 0 Å². The molecular formula is C15H18N2O3. The van der Waals surface area contributed by atoms with Crippen LogP contribution in [0.3, 0.4) is 0 Å². The highest BCUT2D eigenvalue weighted by Crippen LogP contribution is 2.59. The molecule has 106 valence electrons. The van der Waals surface area contributed by atoms with Crippen LogP contribution in [0.2, 0.25) is 0 Å². The van der Waals surface area contributed by atoms with Gasteiger partial charge in [0.2, 0.25) is 0 Å². The van der Waals surface area contributed by atoms with Crippen molar-refractivity contribution >= 4 is 11.9 Å². The number of piperidine rings is 1. The quantitative estimate of drug-likeness (QED) is 0.891. The number of carbonyl (C=O) groups is 2. The van der Waals surface area contributed by atoms with Crippen LogP contribution >= 0.6 is 0 Å². The normalized spacial score (nSPS) is 23.6. The Morgan fingerprint density at radius 2 is 2.05 bits per heavy atom. The van der Waals surface area contributed by atoms with E-state index in [9.17, 15) is 9.59 Å². The second-order valence-electron chi connectivity index (χ2n) is 5.94. The molecule has 0 aromatic carbocycles. The Morgan fingerprint density at radius 3 is 2.55 bits per heavy atom. The van der Waals surface area contributed by atoms with Crippen LogP contribution < -0.4 is 0 Å². The van der Waals surface area contributed by atoms with Gasteiger partial charge in [0.05, 0.1) is 11.5 Å². The SMILES string of the molecule is Cc1ccc(C(=O)N2CCC3(CC2)CC3C(=O)O)cn1. The first kappa shape index (κ1) is 13.1. The summed E-state index contributed by atoms with van der Waals surface area (Å²) in [6.45, 7) is 3.19. The van der Waals surface area contributed by atoms with E-state index in [1.54, 1.807) is 12.3 Å². The van der Waals surface area contributed by atoms with E-state index in [4.69, 9.17) is 5.11 Å². The van der Waals surface area contributed by atoms with Gasteiger partial charge in [-0.1, -0.05) is 0 Å². The minimum absolute atomic E-state index is 0.000116. The van der Waals surface area contributed by atoms with Gasteiger partial charge in [0.1, 0.15) is 0 Å². The molecule has 0 bridgehead atoms. The lowest BCUT2D eigenvalue weighted by molar-refractivity contribution is -0.139. The number of pyridine rings is 1. The van der Waals surface area contributed by atoms with Gasteiger partial charge in [-0.2, -0.15) is 0 Å². The van der Waals surface area contributed by atoms with Crippen molar-refractivity contribution in [1.29, 1.82) is 0 Å². The summed E-state index contributed by atoms with van der Waals surface area (Å²) in [5.74, 6) is -0.881. The molecule has 1 unspecified atom stereocenters. The summed E-state index contributed by atoms with van der Waals surface area (Å²) < 4.78 is 0. The van der Waals surface area contributed by atoms with E-state index in [0.717, 1.165) is 25.0 Å². The van der Waals surface area contributed by atoms with Gasteiger partial charge in [-0.05, 0) is 43.7 Å². The largest absolute Gasteiger partial charge is 0.481 e. The lowest BCUT2D eigenvalue weighted by atomic mass is 9.90. The molecule has 1 saturated heterocycles. The van der Waals surface area contributed by atoms with Crippen LogP contribution in [0.4, 0.5) is 0 Å². The van der Waals surface area contributed by atoms with Gasteiger partial charge in [0.15, 0.2) is 0 Å². The predicted octanol–water partition coefficient (Wildman–Crippen LogP) is 1.72. The number of carboxylic acid groups (broad SMARTS) is 1. The summed E-state index contributed by atoms with van der Waals surface area (Å²) in [5, 5.41) is 9.06. The number of nitrogens with zero attached hydrogens (tertiary/aromatic N) is 2. The molecular weight excluding hydrogens is 256 g/mol. The summed E-state index contributed by atoms with van der Waals surface area (Å²) >= 11 is 0. The number of aryl methyl sites for hydroxylation is 1. The van der Waals surface area contributed by atoms with Crippen LogP contribution in [-0.2, 0) is 4.79 Å². The van der Waals surface area contributed by atoms with Gasteiger partial charge in [0.25, 0.3) is 5.91 Å². The number of carboxylic acids is 1. The summed E-state index contributed by atoms with van der Waals surface area (Å²) in [5.41, 5.74) is 1.47. The number of hydrogen-bond acceptors (Lipinski definition) is 3. The second-order valence-corrected chi connectivity index (χ2v) is 5.94. The minimum Gasteiger partial charge on any atom is -0.481 e. The molecule has 20 heavy (non-hydrogen) atoms. The van der Waals surface area contributed by atoms with Crippen LogP contribution in [0, 0.1) is 18.3 Å². The zero-order valence-electron chi connectivity index (χ0n) is 11.5. The molecule has 5 nitrogen and oxygen atoms in total. The Labute approximate surface area is 117 Å². The molecule has 1 aliphatic carbocycles. The van der Waals surface area contributed by atoms with Crippen LogP contribution in [0.5, 0.6) is 0 Å². The Kier molecular flexibility index (Phi) is 3.00. The molecule has 2 heterocycles. The molecule has 1 atom stereocenters. The highest BCUT2D eigenvalue weighted by atomic mass is 16.4. The number of amides is 1. The number of aliphatic carboxylic acids is 1. The van der Waals surface area contributed by atoms with Gasteiger partial charge in [-0.15, -0.1) is 0 Å². The third-order valence-corrected chi connectivity index (χ3v) is 4.69. The van der Waals surface area contributed by atoms with Gasteiger partial charge in [-0.25, -0.2) is 0 Å². The van der Waals surface area contributed by atoms with Crippen molar-refractivity contribution in [1.82, 2.24) is 9.88 Å². The average Bonchev–Trinajstić information content (AvgIpc) is 3.14. The number of carbonyl (C=O) groups excluding carboxylic acids is 1. The van der Waals surface area contributed by atoms with Crippen molar-refractivity contribution in [3.8, 4) is 0 Å². The van der Waals surface area contributed by atoms with Crippen LogP contribution in [0.1, 0.15) is 35.3 Å². The first-order valence-corrected chi connectivity index (χ1v) is 6.97.